The number of alkyl halides is 3. The summed E-state index contributed by atoms with van der Waals surface area (Å²) in [6.45, 7) is 2.16. The number of hydrogen-bond donors (Lipinski definition) is 1. The van der Waals surface area contributed by atoms with Crippen molar-refractivity contribution in [1.29, 1.82) is 0 Å². The first kappa shape index (κ1) is 19.5. The van der Waals surface area contributed by atoms with E-state index in [1.807, 2.05) is 0 Å². The summed E-state index contributed by atoms with van der Waals surface area (Å²) >= 11 is 0. The van der Waals surface area contributed by atoms with Crippen LogP contribution in [0, 0.1) is 5.92 Å². The SMILES string of the molecule is CN(C)C(C(=O)O)C1CCN(Cc2ccc(OC(F)(F)F)cc2)CC1. The van der Waals surface area contributed by atoms with Crippen molar-refractivity contribution >= 4 is 5.97 Å². The standard InChI is InChI=1S/C17H23F3N2O3/c1-21(2)15(16(23)24)13-7-9-22(10-8-13)11-12-3-5-14(6-4-12)25-17(18,19)20/h3-6,13,15H,7-11H2,1-2H3,(H,23,24). The van der Waals surface area contributed by atoms with Crippen LogP contribution < -0.4 is 4.74 Å². The molecule has 0 radical (unpaired) electrons. The number of benzene rings is 1. The lowest BCUT2D eigenvalue weighted by Crippen LogP contribution is -2.46. The molecule has 1 aliphatic heterocycles. The highest BCUT2D eigenvalue weighted by Crippen LogP contribution is 2.26. The Morgan fingerprint density at radius 1 is 1.28 bits per heavy atom. The minimum absolute atomic E-state index is 0.103. The van der Waals surface area contributed by atoms with Crippen molar-refractivity contribution < 1.29 is 27.8 Å². The van der Waals surface area contributed by atoms with Crippen LogP contribution in [0.1, 0.15) is 18.4 Å². The number of hydrogen-bond acceptors (Lipinski definition) is 4. The molecule has 0 spiro atoms. The fraction of sp³-hybridized carbons (Fsp3) is 0.588. The number of carboxylic acid groups (broad SMARTS) is 1. The molecule has 8 heteroatoms. The highest BCUT2D eigenvalue weighted by Gasteiger charge is 2.33. The van der Waals surface area contributed by atoms with Gasteiger partial charge >= 0.3 is 12.3 Å². The number of aliphatic carboxylic acids is 1. The molecule has 1 saturated heterocycles. The van der Waals surface area contributed by atoms with E-state index in [1.54, 1.807) is 31.1 Å². The minimum atomic E-state index is -4.68. The number of nitrogens with zero attached hydrogens (tertiary/aromatic N) is 2. The van der Waals surface area contributed by atoms with Crippen molar-refractivity contribution in [3.63, 3.8) is 0 Å². The summed E-state index contributed by atoms with van der Waals surface area (Å²) < 4.78 is 40.3. The number of piperidine rings is 1. The van der Waals surface area contributed by atoms with Crippen LogP contribution >= 0.6 is 0 Å². The second-order valence-electron chi connectivity index (χ2n) is 6.55. The lowest BCUT2D eigenvalue weighted by Gasteiger charge is -2.36. The molecule has 1 aromatic carbocycles. The predicted molar refractivity (Wildman–Crippen MR) is 86.2 cm³/mol. The molecule has 0 saturated carbocycles. The number of rotatable bonds is 6. The number of carboxylic acids is 1. The summed E-state index contributed by atoms with van der Waals surface area (Å²) in [6.07, 6.45) is -3.12. The van der Waals surface area contributed by atoms with Crippen molar-refractivity contribution in [2.24, 2.45) is 5.92 Å². The number of likely N-dealkylation sites (tertiary alicyclic amines) is 1. The van der Waals surface area contributed by atoms with Gasteiger partial charge in [-0.1, -0.05) is 12.1 Å². The Morgan fingerprint density at radius 3 is 2.28 bits per heavy atom. The van der Waals surface area contributed by atoms with Gasteiger partial charge in [-0.3, -0.25) is 14.6 Å². The molecule has 0 bridgehead atoms. The molecule has 1 aliphatic rings. The van der Waals surface area contributed by atoms with Crippen LogP contribution in [0.5, 0.6) is 5.75 Å². The summed E-state index contributed by atoms with van der Waals surface area (Å²) in [4.78, 5) is 15.3. The molecule has 1 unspecified atom stereocenters. The maximum absolute atomic E-state index is 12.2. The Balaban J connectivity index is 1.86. The number of likely N-dealkylation sites (N-methyl/N-ethyl adjacent to an activating group) is 1. The van der Waals surface area contributed by atoms with E-state index < -0.39 is 18.4 Å². The first-order chi connectivity index (χ1) is 11.7. The first-order valence-electron chi connectivity index (χ1n) is 8.12. The molecule has 1 aromatic rings. The molecule has 25 heavy (non-hydrogen) atoms. The van der Waals surface area contributed by atoms with Gasteiger partial charge in [-0.25, -0.2) is 0 Å². The number of halogens is 3. The van der Waals surface area contributed by atoms with Crippen LogP contribution in [-0.2, 0) is 11.3 Å². The third-order valence-corrected chi connectivity index (χ3v) is 4.45. The summed E-state index contributed by atoms with van der Waals surface area (Å²) in [5.74, 6) is -0.930. The zero-order chi connectivity index (χ0) is 18.6. The van der Waals surface area contributed by atoms with Crippen LogP contribution in [0.4, 0.5) is 13.2 Å². The van der Waals surface area contributed by atoms with Gasteiger partial charge in [0.1, 0.15) is 11.8 Å². The van der Waals surface area contributed by atoms with Gasteiger partial charge in [-0.2, -0.15) is 0 Å². The molecular weight excluding hydrogens is 337 g/mol. The van der Waals surface area contributed by atoms with E-state index in [4.69, 9.17) is 0 Å². The van der Waals surface area contributed by atoms with Crippen LogP contribution in [0.2, 0.25) is 0 Å². The van der Waals surface area contributed by atoms with Gasteiger partial charge in [0.2, 0.25) is 0 Å². The van der Waals surface area contributed by atoms with E-state index in [0.29, 0.717) is 6.54 Å². The van der Waals surface area contributed by atoms with Crippen molar-refractivity contribution in [2.45, 2.75) is 31.8 Å². The number of ether oxygens (including phenoxy) is 1. The molecule has 1 fully saturated rings. The Labute approximate surface area is 145 Å². The molecule has 140 valence electrons. The van der Waals surface area contributed by atoms with Crippen LogP contribution in [0.3, 0.4) is 0 Å². The Kier molecular flexibility index (Phi) is 6.29. The van der Waals surface area contributed by atoms with Crippen LogP contribution in [0.15, 0.2) is 24.3 Å². The largest absolute Gasteiger partial charge is 0.573 e. The molecule has 2 rings (SSSR count). The zero-order valence-electron chi connectivity index (χ0n) is 14.3. The van der Waals surface area contributed by atoms with Crippen molar-refractivity contribution in [2.75, 3.05) is 27.2 Å². The van der Waals surface area contributed by atoms with Gasteiger partial charge < -0.3 is 9.84 Å². The quantitative estimate of drug-likeness (QED) is 0.846. The van der Waals surface area contributed by atoms with Crippen molar-refractivity contribution in [1.82, 2.24) is 9.80 Å². The molecule has 0 aliphatic carbocycles. The third kappa shape index (κ3) is 5.89. The highest BCUT2D eigenvalue weighted by molar-refractivity contribution is 5.73. The molecule has 1 N–H and O–H groups in total. The second-order valence-corrected chi connectivity index (χ2v) is 6.55. The van der Waals surface area contributed by atoms with Crippen molar-refractivity contribution in [3.05, 3.63) is 29.8 Å². The Bertz CT molecular complexity index is 567. The van der Waals surface area contributed by atoms with Gasteiger partial charge in [-0.15, -0.1) is 13.2 Å². The maximum atomic E-state index is 12.2. The first-order valence-corrected chi connectivity index (χ1v) is 8.12. The van der Waals surface area contributed by atoms with Gasteiger partial charge in [0.05, 0.1) is 0 Å². The van der Waals surface area contributed by atoms with E-state index in [2.05, 4.69) is 9.64 Å². The van der Waals surface area contributed by atoms with Gasteiger partial charge in [-0.05, 0) is 63.6 Å². The lowest BCUT2D eigenvalue weighted by molar-refractivity contribution is -0.274. The van der Waals surface area contributed by atoms with E-state index >= 15 is 0 Å². The Hall–Kier alpha value is -1.80. The molecule has 5 nitrogen and oxygen atoms in total. The zero-order valence-corrected chi connectivity index (χ0v) is 14.3. The van der Waals surface area contributed by atoms with Crippen LogP contribution in [0.25, 0.3) is 0 Å². The summed E-state index contributed by atoms with van der Waals surface area (Å²) in [5, 5.41) is 9.36. The van der Waals surface area contributed by atoms with Crippen LogP contribution in [-0.4, -0.2) is 60.5 Å². The Morgan fingerprint density at radius 2 is 1.84 bits per heavy atom. The smallest absolute Gasteiger partial charge is 0.480 e. The average molecular weight is 360 g/mol. The predicted octanol–water partition coefficient (Wildman–Crippen LogP) is 2.81. The molecular formula is C17H23F3N2O3. The minimum Gasteiger partial charge on any atom is -0.480 e. The topological polar surface area (TPSA) is 53.0 Å². The van der Waals surface area contributed by atoms with Gasteiger partial charge in [0.25, 0.3) is 0 Å². The maximum Gasteiger partial charge on any atom is 0.573 e. The summed E-state index contributed by atoms with van der Waals surface area (Å²) in [7, 11) is 3.55. The van der Waals surface area contributed by atoms with E-state index in [0.717, 1.165) is 31.5 Å². The van der Waals surface area contributed by atoms with E-state index in [-0.39, 0.29) is 11.7 Å². The van der Waals surface area contributed by atoms with Crippen molar-refractivity contribution in [3.8, 4) is 5.75 Å². The molecule has 1 atom stereocenters. The van der Waals surface area contributed by atoms with Gasteiger partial charge in [0.15, 0.2) is 0 Å². The van der Waals surface area contributed by atoms with Gasteiger partial charge in [0, 0.05) is 6.54 Å². The fourth-order valence-electron chi connectivity index (χ4n) is 3.33. The second kappa shape index (κ2) is 8.05. The molecule has 0 aromatic heterocycles. The summed E-state index contributed by atoms with van der Waals surface area (Å²) in [6, 6.07) is 5.37. The van der Waals surface area contributed by atoms with E-state index in [9.17, 15) is 23.1 Å². The third-order valence-electron chi connectivity index (χ3n) is 4.45. The molecule has 0 amide bonds. The fourth-order valence-corrected chi connectivity index (χ4v) is 3.33. The highest BCUT2D eigenvalue weighted by atomic mass is 19.4. The lowest BCUT2D eigenvalue weighted by atomic mass is 9.88. The molecule has 1 heterocycles. The number of carbonyl (C=O) groups is 1. The van der Waals surface area contributed by atoms with E-state index in [1.165, 1.54) is 12.1 Å². The monoisotopic (exact) mass is 360 g/mol. The average Bonchev–Trinajstić information content (AvgIpc) is 2.49. The summed E-state index contributed by atoms with van der Waals surface area (Å²) in [5.41, 5.74) is 0.898. The normalized spacial score (nSPS) is 18.3.